The lowest BCUT2D eigenvalue weighted by atomic mass is 10.1. The van der Waals surface area contributed by atoms with Crippen LogP contribution in [0.2, 0.25) is 0 Å². The summed E-state index contributed by atoms with van der Waals surface area (Å²) in [6, 6.07) is 9.45. The van der Waals surface area contributed by atoms with E-state index in [-0.39, 0.29) is 0 Å². The van der Waals surface area contributed by atoms with Crippen LogP contribution in [0, 0.1) is 11.6 Å². The number of carbonyl (C=O) groups is 2. The summed E-state index contributed by atoms with van der Waals surface area (Å²) in [5.74, 6) is -4.55. The third-order valence-electron chi connectivity index (χ3n) is 2.85. The van der Waals surface area contributed by atoms with Crippen molar-refractivity contribution < 1.29 is 23.5 Å². The van der Waals surface area contributed by atoms with Gasteiger partial charge in [0.15, 0.2) is 6.04 Å². The second-order valence-corrected chi connectivity index (χ2v) is 4.25. The molecule has 0 aliphatic heterocycles. The highest BCUT2D eigenvalue weighted by molar-refractivity contribution is 5.97. The molecule has 0 heterocycles. The Hall–Kier alpha value is -2.76. The summed E-state index contributed by atoms with van der Waals surface area (Å²) in [5.41, 5.74) is -0.505. The molecule has 0 aromatic heterocycles. The molecule has 0 aliphatic carbocycles. The molecule has 1 amide bonds. The van der Waals surface area contributed by atoms with Crippen LogP contribution in [0.3, 0.4) is 0 Å². The van der Waals surface area contributed by atoms with Crippen LogP contribution in [0.5, 0.6) is 0 Å². The molecule has 0 radical (unpaired) electrons. The average molecular weight is 291 g/mol. The van der Waals surface area contributed by atoms with Crippen molar-refractivity contribution in [2.24, 2.45) is 0 Å². The zero-order chi connectivity index (χ0) is 15.4. The number of benzene rings is 2. The van der Waals surface area contributed by atoms with Crippen LogP contribution in [0.25, 0.3) is 0 Å². The zero-order valence-corrected chi connectivity index (χ0v) is 10.7. The van der Waals surface area contributed by atoms with Crippen LogP contribution in [-0.4, -0.2) is 17.0 Å². The van der Waals surface area contributed by atoms with E-state index in [1.54, 1.807) is 18.2 Å². The van der Waals surface area contributed by atoms with E-state index in [9.17, 15) is 18.4 Å². The molecular weight excluding hydrogens is 280 g/mol. The predicted octanol–water partition coefficient (Wildman–Crippen LogP) is 2.52. The van der Waals surface area contributed by atoms with Crippen LogP contribution in [0.15, 0.2) is 48.5 Å². The van der Waals surface area contributed by atoms with E-state index in [0.717, 1.165) is 18.2 Å². The first kappa shape index (κ1) is 14.6. The standard InChI is InChI=1S/C15H11F2NO3/c16-10-7-4-8-11(17)12(10)14(19)18-13(15(20)21)9-5-2-1-3-6-9/h1-8,13H,(H,18,19)(H,20,21)/t13-/m0/s1. The Balaban J connectivity index is 2.30. The first-order valence-corrected chi connectivity index (χ1v) is 6.03. The van der Waals surface area contributed by atoms with E-state index in [1.165, 1.54) is 12.1 Å². The number of aliphatic carboxylic acids is 1. The first-order chi connectivity index (χ1) is 10.0. The number of halogens is 2. The van der Waals surface area contributed by atoms with Crippen LogP contribution in [-0.2, 0) is 4.79 Å². The fourth-order valence-corrected chi connectivity index (χ4v) is 1.85. The van der Waals surface area contributed by atoms with Crippen molar-refractivity contribution in [1.29, 1.82) is 0 Å². The van der Waals surface area contributed by atoms with Gasteiger partial charge in [0.25, 0.3) is 5.91 Å². The highest BCUT2D eigenvalue weighted by Crippen LogP contribution is 2.16. The number of carbonyl (C=O) groups excluding carboxylic acids is 1. The van der Waals surface area contributed by atoms with Gasteiger partial charge in [-0.15, -0.1) is 0 Å². The van der Waals surface area contributed by atoms with Crippen molar-refractivity contribution in [2.75, 3.05) is 0 Å². The lowest BCUT2D eigenvalue weighted by Gasteiger charge is -2.15. The number of hydrogen-bond acceptors (Lipinski definition) is 2. The molecule has 108 valence electrons. The molecule has 0 aliphatic rings. The summed E-state index contributed by atoms with van der Waals surface area (Å²) in [6.07, 6.45) is 0. The topological polar surface area (TPSA) is 66.4 Å². The Labute approximate surface area is 119 Å². The Morgan fingerprint density at radius 3 is 2.05 bits per heavy atom. The number of nitrogens with one attached hydrogen (secondary N) is 1. The fourth-order valence-electron chi connectivity index (χ4n) is 1.85. The van der Waals surface area contributed by atoms with Gasteiger partial charge in [0.05, 0.1) is 0 Å². The fraction of sp³-hybridized carbons (Fsp3) is 0.0667. The second-order valence-electron chi connectivity index (χ2n) is 4.25. The van der Waals surface area contributed by atoms with Crippen molar-refractivity contribution in [3.05, 3.63) is 71.3 Å². The summed E-state index contributed by atoms with van der Waals surface area (Å²) >= 11 is 0. The molecule has 4 nitrogen and oxygen atoms in total. The van der Waals surface area contributed by atoms with Gasteiger partial charge < -0.3 is 10.4 Å². The minimum absolute atomic E-state index is 0.301. The van der Waals surface area contributed by atoms with Crippen molar-refractivity contribution in [2.45, 2.75) is 6.04 Å². The van der Waals surface area contributed by atoms with Gasteiger partial charge >= 0.3 is 5.97 Å². The highest BCUT2D eigenvalue weighted by Gasteiger charge is 2.25. The van der Waals surface area contributed by atoms with Gasteiger partial charge in [-0.1, -0.05) is 36.4 Å². The van der Waals surface area contributed by atoms with E-state index >= 15 is 0 Å². The SMILES string of the molecule is O=C(N[C@H](C(=O)O)c1ccccc1)c1c(F)cccc1F. The maximum atomic E-state index is 13.5. The number of amides is 1. The third kappa shape index (κ3) is 3.22. The minimum atomic E-state index is -1.39. The summed E-state index contributed by atoms with van der Waals surface area (Å²) in [5, 5.41) is 11.3. The molecule has 0 bridgehead atoms. The lowest BCUT2D eigenvalue weighted by molar-refractivity contribution is -0.139. The van der Waals surface area contributed by atoms with Crippen LogP contribution >= 0.6 is 0 Å². The van der Waals surface area contributed by atoms with Crippen LogP contribution in [0.4, 0.5) is 8.78 Å². The molecule has 2 aromatic rings. The van der Waals surface area contributed by atoms with Gasteiger partial charge in [-0.25, -0.2) is 13.6 Å². The smallest absolute Gasteiger partial charge is 0.330 e. The largest absolute Gasteiger partial charge is 0.479 e. The summed E-state index contributed by atoms with van der Waals surface area (Å²) < 4.78 is 27.0. The van der Waals surface area contributed by atoms with E-state index in [4.69, 9.17) is 5.11 Å². The number of rotatable bonds is 4. The maximum Gasteiger partial charge on any atom is 0.330 e. The van der Waals surface area contributed by atoms with E-state index in [0.29, 0.717) is 5.56 Å². The van der Waals surface area contributed by atoms with Crippen molar-refractivity contribution >= 4 is 11.9 Å². The third-order valence-corrected chi connectivity index (χ3v) is 2.85. The Bertz CT molecular complexity index is 654. The predicted molar refractivity (Wildman–Crippen MR) is 70.6 cm³/mol. The second kappa shape index (κ2) is 6.13. The lowest BCUT2D eigenvalue weighted by Crippen LogP contribution is -2.34. The van der Waals surface area contributed by atoms with Gasteiger partial charge in [0, 0.05) is 0 Å². The number of carboxylic acid groups (broad SMARTS) is 1. The van der Waals surface area contributed by atoms with Crippen molar-refractivity contribution in [1.82, 2.24) is 5.32 Å². The van der Waals surface area contributed by atoms with Gasteiger partial charge in [0.2, 0.25) is 0 Å². The van der Waals surface area contributed by atoms with E-state index in [1.807, 2.05) is 0 Å². The maximum absolute atomic E-state index is 13.5. The Kier molecular flexibility index (Phi) is 4.27. The molecule has 6 heteroatoms. The average Bonchev–Trinajstić information content (AvgIpc) is 2.45. The van der Waals surface area contributed by atoms with Gasteiger partial charge in [-0.3, -0.25) is 4.79 Å². The molecule has 2 rings (SSSR count). The number of carboxylic acids is 1. The van der Waals surface area contributed by atoms with E-state index in [2.05, 4.69) is 5.32 Å². The van der Waals surface area contributed by atoms with Crippen molar-refractivity contribution in [3.8, 4) is 0 Å². The number of hydrogen-bond donors (Lipinski definition) is 2. The molecule has 2 aromatic carbocycles. The van der Waals surface area contributed by atoms with Gasteiger partial charge in [-0.05, 0) is 17.7 Å². The molecule has 0 unspecified atom stereocenters. The minimum Gasteiger partial charge on any atom is -0.479 e. The van der Waals surface area contributed by atoms with Gasteiger partial charge in [-0.2, -0.15) is 0 Å². The van der Waals surface area contributed by atoms with E-state index < -0.39 is 35.1 Å². The molecule has 0 spiro atoms. The quantitative estimate of drug-likeness (QED) is 0.909. The highest BCUT2D eigenvalue weighted by atomic mass is 19.1. The van der Waals surface area contributed by atoms with Crippen LogP contribution < -0.4 is 5.32 Å². The first-order valence-electron chi connectivity index (χ1n) is 6.03. The molecule has 0 fully saturated rings. The molecular formula is C15H11F2NO3. The van der Waals surface area contributed by atoms with Crippen molar-refractivity contribution in [3.63, 3.8) is 0 Å². The molecule has 0 saturated heterocycles. The summed E-state index contributed by atoms with van der Waals surface area (Å²) in [4.78, 5) is 23.2. The molecule has 21 heavy (non-hydrogen) atoms. The Morgan fingerprint density at radius 2 is 1.52 bits per heavy atom. The normalized spacial score (nSPS) is 11.7. The monoisotopic (exact) mass is 291 g/mol. The molecule has 1 atom stereocenters. The Morgan fingerprint density at radius 1 is 0.952 bits per heavy atom. The summed E-state index contributed by atoms with van der Waals surface area (Å²) in [6.45, 7) is 0. The molecule has 2 N–H and O–H groups in total. The van der Waals surface area contributed by atoms with Gasteiger partial charge in [0.1, 0.15) is 17.2 Å². The van der Waals surface area contributed by atoms with Crippen LogP contribution in [0.1, 0.15) is 22.0 Å². The zero-order valence-electron chi connectivity index (χ0n) is 10.7. The molecule has 0 saturated carbocycles. The summed E-state index contributed by atoms with van der Waals surface area (Å²) in [7, 11) is 0.